The number of benzene rings is 1. The molecule has 3 atom stereocenters. The van der Waals surface area contributed by atoms with E-state index in [0.29, 0.717) is 24.0 Å². The number of amides is 1. The van der Waals surface area contributed by atoms with Crippen LogP contribution in [0.1, 0.15) is 34.0 Å². The molecule has 0 radical (unpaired) electrons. The second-order valence-corrected chi connectivity index (χ2v) is 7.90. The van der Waals surface area contributed by atoms with Gasteiger partial charge in [0.15, 0.2) is 15.2 Å². The number of likely N-dealkylation sites (tertiary alicyclic amines) is 1. The second-order valence-electron chi connectivity index (χ2n) is 6.54. The molecule has 1 N–H and O–H groups in total. The first-order chi connectivity index (χ1) is 12.6. The van der Waals surface area contributed by atoms with E-state index in [1.54, 1.807) is 0 Å². The Morgan fingerprint density at radius 2 is 2.15 bits per heavy atom. The van der Waals surface area contributed by atoms with Crippen molar-refractivity contribution < 1.29 is 14.3 Å². The van der Waals surface area contributed by atoms with E-state index < -0.39 is 5.97 Å². The summed E-state index contributed by atoms with van der Waals surface area (Å²) in [6.07, 6.45) is 1.43. The highest BCUT2D eigenvalue weighted by Gasteiger charge is 2.47. The number of carbonyl (C=O) groups is 2. The van der Waals surface area contributed by atoms with E-state index in [4.69, 9.17) is 11.6 Å². The quantitative estimate of drug-likeness (QED) is 0.793. The standard InChI is InChI=1S/C18H18ClN3O3S/c1-25-17(24)15-16(19)21-18(26-15)20-11-7-14(23)22(9-11)13-8-12(13)10-5-3-2-4-6-10/h2-6,11-13H,7-9H2,1H3,(H,20,21). The summed E-state index contributed by atoms with van der Waals surface area (Å²) in [5.74, 6) is 0.0780. The smallest absolute Gasteiger partial charge is 0.351 e. The lowest BCUT2D eigenvalue weighted by molar-refractivity contribution is -0.128. The number of hydrogen-bond donors (Lipinski definition) is 1. The lowest BCUT2D eigenvalue weighted by atomic mass is 10.1. The van der Waals surface area contributed by atoms with E-state index in [9.17, 15) is 9.59 Å². The monoisotopic (exact) mass is 391 g/mol. The van der Waals surface area contributed by atoms with Gasteiger partial charge in [-0.05, 0) is 12.0 Å². The van der Waals surface area contributed by atoms with Gasteiger partial charge in [-0.15, -0.1) is 0 Å². The third-order valence-electron chi connectivity index (χ3n) is 4.83. The molecule has 136 valence electrons. The number of rotatable bonds is 5. The number of anilines is 1. The SMILES string of the molecule is COC(=O)c1sc(NC2CC(=O)N(C3CC3c3ccccc3)C2)nc1Cl. The fourth-order valence-electron chi connectivity index (χ4n) is 3.49. The number of halogens is 1. The molecule has 2 aliphatic rings. The van der Waals surface area contributed by atoms with Gasteiger partial charge in [0.05, 0.1) is 13.2 Å². The second kappa shape index (κ2) is 6.89. The van der Waals surface area contributed by atoms with Crippen LogP contribution in [0.5, 0.6) is 0 Å². The van der Waals surface area contributed by atoms with Gasteiger partial charge in [-0.25, -0.2) is 9.78 Å². The summed E-state index contributed by atoms with van der Waals surface area (Å²) in [5.41, 5.74) is 1.29. The molecule has 1 saturated carbocycles. The highest BCUT2D eigenvalue weighted by Crippen LogP contribution is 2.46. The number of nitrogens with zero attached hydrogens (tertiary/aromatic N) is 2. The maximum absolute atomic E-state index is 12.4. The average molecular weight is 392 g/mol. The minimum Gasteiger partial charge on any atom is -0.465 e. The van der Waals surface area contributed by atoms with Crippen LogP contribution < -0.4 is 5.32 Å². The minimum absolute atomic E-state index is 0.0350. The first kappa shape index (κ1) is 17.3. The third-order valence-corrected chi connectivity index (χ3v) is 6.18. The molecule has 1 aromatic carbocycles. The van der Waals surface area contributed by atoms with Crippen LogP contribution in [0.15, 0.2) is 30.3 Å². The van der Waals surface area contributed by atoms with Gasteiger partial charge in [-0.3, -0.25) is 4.79 Å². The Hall–Kier alpha value is -2.12. The Labute approximate surface area is 160 Å². The Balaban J connectivity index is 1.39. The molecule has 1 aliphatic carbocycles. The summed E-state index contributed by atoms with van der Waals surface area (Å²) in [4.78, 5) is 30.4. The lowest BCUT2D eigenvalue weighted by Gasteiger charge is -2.17. The zero-order valence-electron chi connectivity index (χ0n) is 14.1. The predicted molar refractivity (Wildman–Crippen MR) is 99.8 cm³/mol. The minimum atomic E-state index is -0.506. The molecule has 1 saturated heterocycles. The molecule has 1 aliphatic heterocycles. The van der Waals surface area contributed by atoms with Gasteiger partial charge in [0, 0.05) is 24.9 Å². The van der Waals surface area contributed by atoms with Gasteiger partial charge in [-0.1, -0.05) is 53.3 Å². The third kappa shape index (κ3) is 3.29. The summed E-state index contributed by atoms with van der Waals surface area (Å²) in [6, 6.07) is 10.6. The molecule has 4 rings (SSSR count). The highest BCUT2D eigenvalue weighted by atomic mass is 35.5. The van der Waals surface area contributed by atoms with Crippen molar-refractivity contribution in [2.24, 2.45) is 0 Å². The van der Waals surface area contributed by atoms with Gasteiger partial charge in [0.1, 0.15) is 0 Å². The molecular formula is C18H18ClN3O3S. The van der Waals surface area contributed by atoms with Gasteiger partial charge < -0.3 is 15.0 Å². The van der Waals surface area contributed by atoms with Crippen molar-refractivity contribution in [2.75, 3.05) is 19.0 Å². The number of thiazole rings is 1. The van der Waals surface area contributed by atoms with E-state index in [1.807, 2.05) is 23.1 Å². The summed E-state index contributed by atoms with van der Waals surface area (Å²) < 4.78 is 4.68. The largest absolute Gasteiger partial charge is 0.465 e. The molecule has 26 heavy (non-hydrogen) atoms. The molecule has 2 fully saturated rings. The van der Waals surface area contributed by atoms with Gasteiger partial charge in [0.25, 0.3) is 0 Å². The molecule has 1 aromatic heterocycles. The topological polar surface area (TPSA) is 71.5 Å². The molecule has 6 nitrogen and oxygen atoms in total. The van der Waals surface area contributed by atoms with E-state index in [-0.39, 0.29) is 28.0 Å². The first-order valence-electron chi connectivity index (χ1n) is 8.42. The predicted octanol–water partition coefficient (Wildman–Crippen LogP) is 3.15. The van der Waals surface area contributed by atoms with Crippen LogP contribution in [-0.4, -0.2) is 47.5 Å². The number of nitrogens with one attached hydrogen (secondary N) is 1. The Morgan fingerprint density at radius 3 is 2.88 bits per heavy atom. The van der Waals surface area contributed by atoms with Crippen molar-refractivity contribution in [1.82, 2.24) is 9.88 Å². The van der Waals surface area contributed by atoms with Crippen LogP contribution >= 0.6 is 22.9 Å². The van der Waals surface area contributed by atoms with Crippen LogP contribution in [0, 0.1) is 0 Å². The molecule has 2 aromatic rings. The summed E-state index contributed by atoms with van der Waals surface area (Å²) in [6.45, 7) is 0.636. The van der Waals surface area contributed by atoms with E-state index in [0.717, 1.165) is 17.8 Å². The van der Waals surface area contributed by atoms with Gasteiger partial charge >= 0.3 is 5.97 Å². The Morgan fingerprint density at radius 1 is 1.38 bits per heavy atom. The van der Waals surface area contributed by atoms with Gasteiger partial charge in [-0.2, -0.15) is 0 Å². The van der Waals surface area contributed by atoms with Crippen LogP contribution in [0.3, 0.4) is 0 Å². The van der Waals surface area contributed by atoms with E-state index in [1.165, 1.54) is 12.7 Å². The molecule has 0 spiro atoms. The normalized spacial score (nSPS) is 24.6. The summed E-state index contributed by atoms with van der Waals surface area (Å²) in [5, 5.41) is 3.89. The van der Waals surface area contributed by atoms with Crippen molar-refractivity contribution in [3.05, 3.63) is 45.9 Å². The molecule has 2 heterocycles. The van der Waals surface area contributed by atoms with Crippen LogP contribution in [0.2, 0.25) is 5.15 Å². The van der Waals surface area contributed by atoms with Crippen molar-refractivity contribution in [1.29, 1.82) is 0 Å². The molecule has 0 bridgehead atoms. The Bertz CT molecular complexity index is 841. The average Bonchev–Trinajstić information content (AvgIpc) is 3.24. The highest BCUT2D eigenvalue weighted by molar-refractivity contribution is 7.18. The zero-order chi connectivity index (χ0) is 18.3. The number of carbonyl (C=O) groups excluding carboxylic acids is 2. The number of aromatic nitrogens is 1. The van der Waals surface area contributed by atoms with Crippen LogP contribution in [0.25, 0.3) is 0 Å². The van der Waals surface area contributed by atoms with E-state index in [2.05, 4.69) is 27.2 Å². The van der Waals surface area contributed by atoms with Gasteiger partial charge in [0.2, 0.25) is 5.91 Å². The molecular weight excluding hydrogens is 374 g/mol. The van der Waals surface area contributed by atoms with E-state index >= 15 is 0 Å². The van der Waals surface area contributed by atoms with Crippen LogP contribution in [-0.2, 0) is 9.53 Å². The van der Waals surface area contributed by atoms with Crippen molar-refractivity contribution in [2.45, 2.75) is 30.8 Å². The number of methoxy groups -OCH3 is 1. The van der Waals surface area contributed by atoms with Crippen molar-refractivity contribution in [3.63, 3.8) is 0 Å². The lowest BCUT2D eigenvalue weighted by Crippen LogP contribution is -2.30. The first-order valence-corrected chi connectivity index (χ1v) is 9.62. The molecule has 3 unspecified atom stereocenters. The number of hydrogen-bond acceptors (Lipinski definition) is 6. The maximum Gasteiger partial charge on any atom is 0.351 e. The van der Waals surface area contributed by atoms with Crippen molar-refractivity contribution in [3.8, 4) is 0 Å². The fourth-order valence-corrected chi connectivity index (χ4v) is 4.67. The number of esters is 1. The molecule has 8 heteroatoms. The summed E-state index contributed by atoms with van der Waals surface area (Å²) in [7, 11) is 1.30. The van der Waals surface area contributed by atoms with Crippen molar-refractivity contribution >= 4 is 39.9 Å². The van der Waals surface area contributed by atoms with Crippen LogP contribution in [0.4, 0.5) is 5.13 Å². The maximum atomic E-state index is 12.4. The Kier molecular flexibility index (Phi) is 4.58. The molecule has 1 amide bonds. The number of ether oxygens (including phenoxy) is 1. The zero-order valence-corrected chi connectivity index (χ0v) is 15.7. The fraction of sp³-hybridized carbons (Fsp3) is 0.389. The summed E-state index contributed by atoms with van der Waals surface area (Å²) >= 11 is 7.13.